The molecule has 5 nitrogen and oxygen atoms in total. The summed E-state index contributed by atoms with van der Waals surface area (Å²) in [5.41, 5.74) is 5.62. The van der Waals surface area contributed by atoms with Crippen LogP contribution in [-0.2, 0) is 4.74 Å². The second kappa shape index (κ2) is 5.87. The summed E-state index contributed by atoms with van der Waals surface area (Å²) in [5.74, 6) is 1.57. The molecule has 0 radical (unpaired) electrons. The van der Waals surface area contributed by atoms with Crippen molar-refractivity contribution in [2.45, 2.75) is 6.92 Å². The number of nitrogens with zero attached hydrogens (tertiary/aromatic N) is 2. The average molecular weight is 275 g/mol. The summed E-state index contributed by atoms with van der Waals surface area (Å²) in [4.78, 5) is 7.94. The van der Waals surface area contributed by atoms with Crippen LogP contribution in [0.1, 0.15) is 6.92 Å². The van der Waals surface area contributed by atoms with Crippen molar-refractivity contribution in [3.05, 3.63) is 10.8 Å². The van der Waals surface area contributed by atoms with Crippen LogP contribution < -0.4 is 11.1 Å². The van der Waals surface area contributed by atoms with E-state index in [1.165, 1.54) is 6.33 Å². The van der Waals surface area contributed by atoms with Crippen LogP contribution in [0, 0.1) is 5.92 Å². The first-order valence-corrected chi connectivity index (χ1v) is 5.43. The molecule has 0 spiro atoms. The molecule has 0 aliphatic heterocycles. The number of anilines is 2. The molecule has 1 rings (SSSR count). The van der Waals surface area contributed by atoms with Gasteiger partial charge >= 0.3 is 0 Å². The molecule has 1 heterocycles. The van der Waals surface area contributed by atoms with Crippen molar-refractivity contribution in [2.75, 3.05) is 31.3 Å². The number of nitrogens with one attached hydrogen (secondary N) is 1. The molecule has 0 amide bonds. The van der Waals surface area contributed by atoms with Crippen molar-refractivity contribution in [1.82, 2.24) is 9.97 Å². The van der Waals surface area contributed by atoms with E-state index >= 15 is 0 Å². The third-order valence-electron chi connectivity index (χ3n) is 1.89. The predicted octanol–water partition coefficient (Wildman–Crippen LogP) is 1.52. The fourth-order valence-electron chi connectivity index (χ4n) is 1.12. The Bertz CT molecular complexity index is 321. The molecule has 0 aliphatic rings. The monoisotopic (exact) mass is 274 g/mol. The van der Waals surface area contributed by atoms with Gasteiger partial charge in [-0.25, -0.2) is 9.97 Å². The zero-order chi connectivity index (χ0) is 11.3. The van der Waals surface area contributed by atoms with Crippen LogP contribution in [0.2, 0.25) is 0 Å². The largest absolute Gasteiger partial charge is 0.384 e. The third kappa shape index (κ3) is 3.64. The Morgan fingerprint density at radius 2 is 2.33 bits per heavy atom. The number of ether oxygens (including phenoxy) is 1. The van der Waals surface area contributed by atoms with Crippen molar-refractivity contribution in [3.8, 4) is 0 Å². The van der Waals surface area contributed by atoms with Gasteiger partial charge in [0.15, 0.2) is 0 Å². The van der Waals surface area contributed by atoms with Gasteiger partial charge in [-0.05, 0) is 21.8 Å². The predicted molar refractivity (Wildman–Crippen MR) is 63.7 cm³/mol. The molecule has 1 unspecified atom stereocenters. The van der Waals surface area contributed by atoms with E-state index in [1.54, 1.807) is 7.11 Å². The minimum Gasteiger partial charge on any atom is -0.384 e. The van der Waals surface area contributed by atoms with E-state index in [2.05, 4.69) is 38.1 Å². The van der Waals surface area contributed by atoms with Gasteiger partial charge in [0.05, 0.1) is 6.61 Å². The van der Waals surface area contributed by atoms with Gasteiger partial charge in [-0.3, -0.25) is 0 Å². The van der Waals surface area contributed by atoms with Crippen molar-refractivity contribution in [1.29, 1.82) is 0 Å². The lowest BCUT2D eigenvalue weighted by Gasteiger charge is -2.13. The summed E-state index contributed by atoms with van der Waals surface area (Å²) >= 11 is 3.33. The lowest BCUT2D eigenvalue weighted by atomic mass is 10.2. The number of nitrogen functional groups attached to an aromatic ring is 1. The van der Waals surface area contributed by atoms with Crippen molar-refractivity contribution < 1.29 is 4.74 Å². The summed E-state index contributed by atoms with van der Waals surface area (Å²) < 4.78 is 5.74. The lowest BCUT2D eigenvalue weighted by molar-refractivity contribution is 0.164. The normalized spacial score (nSPS) is 12.5. The highest BCUT2D eigenvalue weighted by atomic mass is 79.9. The highest BCUT2D eigenvalue weighted by Crippen LogP contribution is 2.23. The molecule has 1 aromatic rings. The van der Waals surface area contributed by atoms with Crippen LogP contribution >= 0.6 is 15.9 Å². The molecule has 1 aromatic heterocycles. The van der Waals surface area contributed by atoms with Crippen LogP contribution in [-0.4, -0.2) is 30.2 Å². The molecule has 6 heteroatoms. The standard InChI is InChI=1S/C9H15BrN4O/c1-6(4-15-2)3-12-9-7(10)8(11)13-5-14-9/h5-6H,3-4H2,1-2H3,(H3,11,12,13,14). The third-order valence-corrected chi connectivity index (χ3v) is 2.67. The van der Waals surface area contributed by atoms with Gasteiger partial charge in [-0.15, -0.1) is 0 Å². The lowest BCUT2D eigenvalue weighted by Crippen LogP contribution is -2.17. The van der Waals surface area contributed by atoms with Crippen molar-refractivity contribution in [2.24, 2.45) is 5.92 Å². The summed E-state index contributed by atoms with van der Waals surface area (Å²) in [6.45, 7) is 3.59. The van der Waals surface area contributed by atoms with Gasteiger partial charge in [0.1, 0.15) is 22.4 Å². The quantitative estimate of drug-likeness (QED) is 0.852. The summed E-state index contributed by atoms with van der Waals surface area (Å²) in [7, 11) is 1.69. The highest BCUT2D eigenvalue weighted by Gasteiger charge is 2.07. The minimum atomic E-state index is 0.415. The molecule has 0 bridgehead atoms. The Morgan fingerprint density at radius 1 is 1.60 bits per heavy atom. The second-order valence-corrected chi connectivity index (χ2v) is 4.16. The van der Waals surface area contributed by atoms with E-state index in [4.69, 9.17) is 10.5 Å². The molecular weight excluding hydrogens is 260 g/mol. The molecule has 3 N–H and O–H groups in total. The zero-order valence-corrected chi connectivity index (χ0v) is 10.4. The first kappa shape index (κ1) is 12.2. The van der Waals surface area contributed by atoms with Crippen molar-refractivity contribution >= 4 is 27.6 Å². The number of halogens is 1. The molecule has 15 heavy (non-hydrogen) atoms. The van der Waals surface area contributed by atoms with E-state index in [0.717, 1.165) is 6.54 Å². The number of hydrogen-bond acceptors (Lipinski definition) is 5. The maximum atomic E-state index is 5.62. The van der Waals surface area contributed by atoms with Crippen LogP contribution in [0.15, 0.2) is 10.8 Å². The van der Waals surface area contributed by atoms with E-state index in [0.29, 0.717) is 28.6 Å². The molecule has 0 aliphatic carbocycles. The number of nitrogens with two attached hydrogens (primary N) is 1. The molecule has 1 atom stereocenters. The van der Waals surface area contributed by atoms with E-state index in [-0.39, 0.29) is 0 Å². The highest BCUT2D eigenvalue weighted by molar-refractivity contribution is 9.10. The van der Waals surface area contributed by atoms with Gasteiger partial charge in [0, 0.05) is 13.7 Å². The Hall–Kier alpha value is -0.880. The Labute approximate surface area is 97.6 Å². The second-order valence-electron chi connectivity index (χ2n) is 3.36. The summed E-state index contributed by atoms with van der Waals surface area (Å²) in [5, 5.41) is 3.18. The van der Waals surface area contributed by atoms with E-state index < -0.39 is 0 Å². The Kier molecular flexibility index (Phi) is 4.77. The average Bonchev–Trinajstić information content (AvgIpc) is 2.21. The molecule has 0 fully saturated rings. The summed E-state index contributed by atoms with van der Waals surface area (Å²) in [6, 6.07) is 0. The Morgan fingerprint density at radius 3 is 3.00 bits per heavy atom. The van der Waals surface area contributed by atoms with Crippen LogP contribution in [0.25, 0.3) is 0 Å². The fourth-order valence-corrected chi connectivity index (χ4v) is 1.47. The van der Waals surface area contributed by atoms with Crippen LogP contribution in [0.5, 0.6) is 0 Å². The first-order chi connectivity index (χ1) is 7.15. The van der Waals surface area contributed by atoms with Crippen LogP contribution in [0.3, 0.4) is 0 Å². The maximum Gasteiger partial charge on any atom is 0.145 e. The molecule has 84 valence electrons. The smallest absolute Gasteiger partial charge is 0.145 e. The van der Waals surface area contributed by atoms with Gasteiger partial charge < -0.3 is 15.8 Å². The SMILES string of the molecule is COCC(C)CNc1ncnc(N)c1Br. The molecule has 0 aromatic carbocycles. The minimum absolute atomic E-state index is 0.415. The fraction of sp³-hybridized carbons (Fsp3) is 0.556. The van der Waals surface area contributed by atoms with Gasteiger partial charge in [0.25, 0.3) is 0 Å². The molecular formula is C9H15BrN4O. The van der Waals surface area contributed by atoms with E-state index in [1.807, 2.05) is 0 Å². The van der Waals surface area contributed by atoms with Gasteiger partial charge in [-0.2, -0.15) is 0 Å². The van der Waals surface area contributed by atoms with Gasteiger partial charge in [0.2, 0.25) is 0 Å². The summed E-state index contributed by atoms with van der Waals surface area (Å²) in [6.07, 6.45) is 1.43. The van der Waals surface area contributed by atoms with Crippen LogP contribution in [0.4, 0.5) is 11.6 Å². The number of rotatable bonds is 5. The molecule has 0 saturated heterocycles. The number of hydrogen-bond donors (Lipinski definition) is 2. The maximum absolute atomic E-state index is 5.62. The number of methoxy groups -OCH3 is 1. The molecule has 0 saturated carbocycles. The van der Waals surface area contributed by atoms with Gasteiger partial charge in [-0.1, -0.05) is 6.92 Å². The first-order valence-electron chi connectivity index (χ1n) is 4.64. The zero-order valence-electron chi connectivity index (χ0n) is 8.83. The van der Waals surface area contributed by atoms with E-state index in [9.17, 15) is 0 Å². The number of aromatic nitrogens is 2. The Balaban J connectivity index is 2.54. The topological polar surface area (TPSA) is 73.1 Å². The van der Waals surface area contributed by atoms with Crippen molar-refractivity contribution in [3.63, 3.8) is 0 Å².